The van der Waals surface area contributed by atoms with Crippen LogP contribution in [0.1, 0.15) is 30.4 Å². The Bertz CT molecular complexity index is 478. The van der Waals surface area contributed by atoms with Crippen molar-refractivity contribution in [2.75, 3.05) is 0 Å². The van der Waals surface area contributed by atoms with Gasteiger partial charge in [-0.25, -0.2) is 0 Å². The Morgan fingerprint density at radius 2 is 1.82 bits per heavy atom. The summed E-state index contributed by atoms with van der Waals surface area (Å²) in [6.45, 7) is 6.74. The van der Waals surface area contributed by atoms with Gasteiger partial charge >= 0.3 is 0 Å². The summed E-state index contributed by atoms with van der Waals surface area (Å²) in [4.78, 5) is 0. The van der Waals surface area contributed by atoms with Crippen LogP contribution < -0.4 is 0 Å². The van der Waals surface area contributed by atoms with E-state index < -0.39 is 8.32 Å². The largest absolute Gasteiger partial charge is 0.544 e. The molecule has 0 heterocycles. The van der Waals surface area contributed by atoms with Crippen LogP contribution in [-0.4, -0.2) is 8.32 Å². The van der Waals surface area contributed by atoms with Crippen LogP contribution in [-0.2, 0) is 9.84 Å². The van der Waals surface area contributed by atoms with E-state index in [1.54, 1.807) is 0 Å². The van der Waals surface area contributed by atoms with E-state index in [0.29, 0.717) is 5.41 Å². The van der Waals surface area contributed by atoms with E-state index in [2.05, 4.69) is 50.0 Å². The molecule has 3 rings (SSSR count). The third kappa shape index (κ3) is 1.95. The summed E-state index contributed by atoms with van der Waals surface area (Å²) in [5, 5.41) is 0. The van der Waals surface area contributed by atoms with Gasteiger partial charge in [0.05, 0.1) is 0 Å². The van der Waals surface area contributed by atoms with Gasteiger partial charge < -0.3 is 4.43 Å². The van der Waals surface area contributed by atoms with Crippen molar-refractivity contribution in [1.29, 1.82) is 0 Å². The smallest absolute Gasteiger partial charge is 0.242 e. The summed E-state index contributed by atoms with van der Waals surface area (Å²) in [6.07, 6.45) is 6.19. The van der Waals surface area contributed by atoms with Crippen molar-refractivity contribution in [2.24, 2.45) is 0 Å². The summed E-state index contributed by atoms with van der Waals surface area (Å²) in [5.74, 6) is 1.14. The Balaban J connectivity index is 2.01. The van der Waals surface area contributed by atoms with E-state index in [9.17, 15) is 0 Å². The molecule has 0 aliphatic heterocycles. The second-order valence-electron chi connectivity index (χ2n) is 6.31. The fourth-order valence-electron chi connectivity index (χ4n) is 2.72. The predicted molar refractivity (Wildman–Crippen MR) is 74.4 cm³/mol. The topological polar surface area (TPSA) is 9.23 Å². The fourth-order valence-corrected chi connectivity index (χ4v) is 3.57. The highest BCUT2D eigenvalue weighted by Crippen LogP contribution is 2.55. The minimum atomic E-state index is -1.51. The zero-order valence-electron chi connectivity index (χ0n) is 10.9. The highest BCUT2D eigenvalue weighted by Gasteiger charge is 2.47. The number of hydrogen-bond acceptors (Lipinski definition) is 1. The minimum Gasteiger partial charge on any atom is -0.544 e. The molecular weight excluding hydrogens is 224 g/mol. The van der Waals surface area contributed by atoms with E-state index in [1.807, 2.05) is 0 Å². The molecule has 17 heavy (non-hydrogen) atoms. The molecule has 0 N–H and O–H groups in total. The molecule has 1 spiro atoms. The first-order chi connectivity index (χ1) is 8.00. The molecule has 0 unspecified atom stereocenters. The Hall–Kier alpha value is -1.02. The normalized spacial score (nSPS) is 20.8. The van der Waals surface area contributed by atoms with E-state index in [1.165, 1.54) is 30.4 Å². The molecule has 2 aliphatic rings. The molecule has 2 aliphatic carbocycles. The van der Waals surface area contributed by atoms with E-state index >= 15 is 0 Å². The monoisotopic (exact) mass is 244 g/mol. The Labute approximate surface area is 105 Å². The van der Waals surface area contributed by atoms with Gasteiger partial charge in [-0.1, -0.05) is 24.3 Å². The number of hydrogen-bond donors (Lipinski definition) is 0. The van der Waals surface area contributed by atoms with Crippen molar-refractivity contribution in [2.45, 2.75) is 44.3 Å². The molecule has 0 amide bonds. The third-order valence-electron chi connectivity index (χ3n) is 3.71. The van der Waals surface area contributed by atoms with Crippen LogP contribution in [0.3, 0.4) is 0 Å². The Kier molecular flexibility index (Phi) is 2.27. The van der Waals surface area contributed by atoms with Gasteiger partial charge in [0.2, 0.25) is 8.32 Å². The van der Waals surface area contributed by atoms with Crippen LogP contribution in [0, 0.1) is 0 Å². The molecule has 1 saturated carbocycles. The van der Waals surface area contributed by atoms with Crippen LogP contribution in [0.25, 0.3) is 5.76 Å². The van der Waals surface area contributed by atoms with Crippen LogP contribution in [0.2, 0.25) is 19.6 Å². The quantitative estimate of drug-likeness (QED) is 0.704. The summed E-state index contributed by atoms with van der Waals surface area (Å²) in [5.41, 5.74) is 3.34. The van der Waals surface area contributed by atoms with Crippen molar-refractivity contribution >= 4 is 14.1 Å². The maximum atomic E-state index is 6.23. The van der Waals surface area contributed by atoms with Gasteiger partial charge in [0.1, 0.15) is 5.76 Å². The van der Waals surface area contributed by atoms with Crippen molar-refractivity contribution in [3.8, 4) is 0 Å². The minimum absolute atomic E-state index is 0.475. The van der Waals surface area contributed by atoms with Crippen LogP contribution in [0.15, 0.2) is 30.3 Å². The second-order valence-corrected chi connectivity index (χ2v) is 10.7. The first kappa shape index (κ1) is 11.1. The molecule has 0 radical (unpaired) electrons. The summed E-state index contributed by atoms with van der Waals surface area (Å²) >= 11 is 0. The Morgan fingerprint density at radius 1 is 1.12 bits per heavy atom. The van der Waals surface area contributed by atoms with E-state index in [0.717, 1.165) is 5.76 Å². The summed E-state index contributed by atoms with van der Waals surface area (Å²) in [7, 11) is -1.51. The SMILES string of the molecule is C[Si](C)(C)OC1=CCC2(CC2)c2ccccc21. The van der Waals surface area contributed by atoms with E-state index in [4.69, 9.17) is 4.43 Å². The van der Waals surface area contributed by atoms with Gasteiger partial charge in [-0.3, -0.25) is 0 Å². The third-order valence-corrected chi connectivity index (χ3v) is 4.54. The standard InChI is InChI=1S/C15H20OSi/c1-17(2,3)16-14-8-9-15(10-11-15)13-7-5-4-6-12(13)14/h4-8H,9-11H2,1-3H3. The molecule has 0 atom stereocenters. The first-order valence-corrected chi connectivity index (χ1v) is 9.90. The molecule has 0 bridgehead atoms. The van der Waals surface area contributed by atoms with Crippen molar-refractivity contribution < 1.29 is 4.43 Å². The van der Waals surface area contributed by atoms with Gasteiger partial charge in [0.15, 0.2) is 0 Å². The van der Waals surface area contributed by atoms with Gasteiger partial charge in [0.25, 0.3) is 0 Å². The molecule has 1 nitrogen and oxygen atoms in total. The number of rotatable bonds is 2. The summed E-state index contributed by atoms with van der Waals surface area (Å²) < 4.78 is 6.23. The second kappa shape index (κ2) is 3.48. The first-order valence-electron chi connectivity index (χ1n) is 6.49. The molecule has 90 valence electrons. The lowest BCUT2D eigenvalue weighted by Crippen LogP contribution is -2.26. The van der Waals surface area contributed by atoms with Gasteiger partial charge in [-0.15, -0.1) is 0 Å². The van der Waals surface area contributed by atoms with Gasteiger partial charge in [-0.2, -0.15) is 0 Å². The molecular formula is C15H20OSi. The van der Waals surface area contributed by atoms with Crippen LogP contribution in [0.5, 0.6) is 0 Å². The number of benzene rings is 1. The molecule has 0 aromatic heterocycles. The van der Waals surface area contributed by atoms with Gasteiger partial charge in [-0.05, 0) is 56.0 Å². The predicted octanol–water partition coefficient (Wildman–Crippen LogP) is 4.31. The molecule has 0 saturated heterocycles. The maximum Gasteiger partial charge on any atom is 0.242 e. The van der Waals surface area contributed by atoms with Crippen LogP contribution >= 0.6 is 0 Å². The highest BCUT2D eigenvalue weighted by atomic mass is 28.4. The zero-order valence-corrected chi connectivity index (χ0v) is 11.9. The van der Waals surface area contributed by atoms with Crippen molar-refractivity contribution in [3.05, 3.63) is 41.5 Å². The number of allylic oxidation sites excluding steroid dienone is 1. The molecule has 1 aromatic carbocycles. The highest BCUT2D eigenvalue weighted by molar-refractivity contribution is 6.70. The molecule has 1 aromatic rings. The Morgan fingerprint density at radius 3 is 2.47 bits per heavy atom. The lowest BCUT2D eigenvalue weighted by molar-refractivity contribution is 0.500. The summed E-state index contributed by atoms with van der Waals surface area (Å²) in [6, 6.07) is 8.81. The maximum absolute atomic E-state index is 6.23. The zero-order chi connectivity index (χ0) is 12.1. The average molecular weight is 244 g/mol. The molecule has 1 fully saturated rings. The van der Waals surface area contributed by atoms with Gasteiger partial charge in [0, 0.05) is 5.56 Å². The average Bonchev–Trinajstić information content (AvgIpc) is 3.03. The van der Waals surface area contributed by atoms with Crippen molar-refractivity contribution in [1.82, 2.24) is 0 Å². The number of fused-ring (bicyclic) bond motifs is 2. The fraction of sp³-hybridized carbons (Fsp3) is 0.467. The van der Waals surface area contributed by atoms with Crippen LogP contribution in [0.4, 0.5) is 0 Å². The molecule has 2 heteroatoms. The lowest BCUT2D eigenvalue weighted by Gasteiger charge is -2.29. The lowest BCUT2D eigenvalue weighted by atomic mass is 9.83. The van der Waals surface area contributed by atoms with Crippen molar-refractivity contribution in [3.63, 3.8) is 0 Å². The van der Waals surface area contributed by atoms with E-state index in [-0.39, 0.29) is 0 Å².